The summed E-state index contributed by atoms with van der Waals surface area (Å²) in [5.74, 6) is 0.425. The van der Waals surface area contributed by atoms with Crippen LogP contribution in [0.3, 0.4) is 0 Å². The van der Waals surface area contributed by atoms with E-state index in [2.05, 4.69) is 10.2 Å². The maximum Gasteiger partial charge on any atom is 0.318 e. The van der Waals surface area contributed by atoms with Gasteiger partial charge >= 0.3 is 6.01 Å². The standard InChI is InChI=1S/C19H17N5O3S/c20-14-16-8-4-5-9-17(16)28(25,26)24-12-10-23(11-13-24)19-22-21-18(27-19)15-6-2-1-3-7-15/h1-9H,10-13H2. The average Bonchev–Trinajstić information content (AvgIpc) is 3.25. The van der Waals surface area contributed by atoms with Gasteiger partial charge in [0.15, 0.2) is 0 Å². The van der Waals surface area contributed by atoms with Crippen LogP contribution in [0.2, 0.25) is 0 Å². The number of benzene rings is 2. The molecule has 28 heavy (non-hydrogen) atoms. The van der Waals surface area contributed by atoms with E-state index in [1.807, 2.05) is 41.3 Å². The van der Waals surface area contributed by atoms with Crippen LogP contribution >= 0.6 is 0 Å². The number of hydrogen-bond donors (Lipinski definition) is 0. The van der Waals surface area contributed by atoms with Crippen LogP contribution in [0.4, 0.5) is 6.01 Å². The second-order valence-electron chi connectivity index (χ2n) is 6.25. The van der Waals surface area contributed by atoms with E-state index < -0.39 is 10.0 Å². The molecule has 142 valence electrons. The van der Waals surface area contributed by atoms with Gasteiger partial charge in [-0.2, -0.15) is 9.57 Å². The van der Waals surface area contributed by atoms with E-state index in [0.29, 0.717) is 25.0 Å². The Bertz CT molecular complexity index is 1110. The van der Waals surface area contributed by atoms with Gasteiger partial charge in [-0.3, -0.25) is 0 Å². The smallest absolute Gasteiger partial charge is 0.318 e. The Morgan fingerprint density at radius 2 is 1.61 bits per heavy atom. The molecule has 1 saturated heterocycles. The molecule has 3 aromatic rings. The molecule has 0 bridgehead atoms. The van der Waals surface area contributed by atoms with Crippen LogP contribution in [-0.2, 0) is 10.0 Å². The first-order valence-electron chi connectivity index (χ1n) is 8.73. The van der Waals surface area contributed by atoms with Crippen molar-refractivity contribution in [2.24, 2.45) is 0 Å². The lowest BCUT2D eigenvalue weighted by molar-refractivity contribution is 0.372. The second-order valence-corrected chi connectivity index (χ2v) is 8.16. The van der Waals surface area contributed by atoms with Crippen molar-refractivity contribution in [3.05, 3.63) is 60.2 Å². The molecule has 1 fully saturated rings. The molecule has 1 aliphatic heterocycles. The first-order valence-corrected chi connectivity index (χ1v) is 10.2. The van der Waals surface area contributed by atoms with Crippen molar-refractivity contribution in [2.75, 3.05) is 31.1 Å². The highest BCUT2D eigenvalue weighted by atomic mass is 32.2. The van der Waals surface area contributed by atoms with Gasteiger partial charge in [0.2, 0.25) is 15.9 Å². The predicted octanol–water partition coefficient (Wildman–Crippen LogP) is 2.12. The minimum atomic E-state index is -3.73. The molecule has 9 heteroatoms. The molecular weight excluding hydrogens is 378 g/mol. The van der Waals surface area contributed by atoms with Gasteiger partial charge in [0.1, 0.15) is 6.07 Å². The Morgan fingerprint density at radius 3 is 2.32 bits per heavy atom. The van der Waals surface area contributed by atoms with Crippen molar-refractivity contribution in [3.63, 3.8) is 0 Å². The van der Waals surface area contributed by atoms with E-state index in [1.165, 1.54) is 16.4 Å². The fraction of sp³-hybridized carbons (Fsp3) is 0.211. The second kappa shape index (κ2) is 7.42. The third kappa shape index (κ3) is 3.35. The van der Waals surface area contributed by atoms with Crippen molar-refractivity contribution in [1.29, 1.82) is 5.26 Å². The lowest BCUT2D eigenvalue weighted by Gasteiger charge is -2.32. The number of aromatic nitrogens is 2. The maximum atomic E-state index is 12.9. The summed E-state index contributed by atoms with van der Waals surface area (Å²) in [6, 6.07) is 18.0. The van der Waals surface area contributed by atoms with Crippen LogP contribution in [0, 0.1) is 11.3 Å². The third-order valence-electron chi connectivity index (χ3n) is 4.57. The lowest BCUT2D eigenvalue weighted by Crippen LogP contribution is -2.48. The Morgan fingerprint density at radius 1 is 0.929 bits per heavy atom. The molecule has 1 aliphatic rings. The Kier molecular flexibility index (Phi) is 4.81. The van der Waals surface area contributed by atoms with Crippen LogP contribution in [-0.4, -0.2) is 49.1 Å². The summed E-state index contributed by atoms with van der Waals surface area (Å²) in [7, 11) is -3.73. The van der Waals surface area contributed by atoms with Gasteiger partial charge in [0.05, 0.1) is 10.5 Å². The summed E-state index contributed by atoms with van der Waals surface area (Å²) < 4.78 is 32.9. The van der Waals surface area contributed by atoms with Gasteiger partial charge in [0, 0.05) is 31.7 Å². The molecule has 2 aromatic carbocycles. The van der Waals surface area contributed by atoms with Crippen molar-refractivity contribution >= 4 is 16.0 Å². The average molecular weight is 395 g/mol. The molecule has 0 atom stereocenters. The molecule has 1 aromatic heterocycles. The van der Waals surface area contributed by atoms with Crippen LogP contribution < -0.4 is 4.90 Å². The summed E-state index contributed by atoms with van der Waals surface area (Å²) in [6.45, 7) is 1.38. The summed E-state index contributed by atoms with van der Waals surface area (Å²) in [6.07, 6.45) is 0. The van der Waals surface area contributed by atoms with Gasteiger partial charge < -0.3 is 9.32 Å². The van der Waals surface area contributed by atoms with E-state index in [-0.39, 0.29) is 23.5 Å². The summed E-state index contributed by atoms with van der Waals surface area (Å²) in [5.41, 5.74) is 0.977. The first-order chi connectivity index (χ1) is 13.6. The van der Waals surface area contributed by atoms with Crippen molar-refractivity contribution in [3.8, 4) is 17.5 Å². The van der Waals surface area contributed by atoms with Crippen LogP contribution in [0.5, 0.6) is 0 Å². The highest BCUT2D eigenvalue weighted by Crippen LogP contribution is 2.25. The molecule has 0 unspecified atom stereocenters. The highest BCUT2D eigenvalue weighted by Gasteiger charge is 2.31. The molecule has 2 heterocycles. The third-order valence-corrected chi connectivity index (χ3v) is 6.53. The van der Waals surface area contributed by atoms with E-state index in [0.717, 1.165) is 5.56 Å². The SMILES string of the molecule is N#Cc1ccccc1S(=O)(=O)N1CCN(c2nnc(-c3ccccc3)o2)CC1. The Hall–Kier alpha value is -3.22. The number of anilines is 1. The summed E-state index contributed by atoms with van der Waals surface area (Å²) in [5, 5.41) is 17.4. The van der Waals surface area contributed by atoms with Gasteiger partial charge in [0.25, 0.3) is 0 Å². The molecule has 0 amide bonds. The number of hydrogen-bond acceptors (Lipinski definition) is 7. The predicted molar refractivity (Wildman–Crippen MR) is 102 cm³/mol. The zero-order valence-corrected chi connectivity index (χ0v) is 15.7. The van der Waals surface area contributed by atoms with Crippen LogP contribution in [0.15, 0.2) is 63.9 Å². The molecule has 4 rings (SSSR count). The summed E-state index contributed by atoms with van der Waals surface area (Å²) in [4.78, 5) is 1.90. The number of sulfonamides is 1. The fourth-order valence-electron chi connectivity index (χ4n) is 3.08. The molecule has 0 saturated carbocycles. The molecule has 0 spiro atoms. The van der Waals surface area contributed by atoms with E-state index in [1.54, 1.807) is 12.1 Å². The lowest BCUT2D eigenvalue weighted by atomic mass is 10.2. The quantitative estimate of drug-likeness (QED) is 0.666. The number of nitriles is 1. The van der Waals surface area contributed by atoms with E-state index >= 15 is 0 Å². The molecular formula is C19H17N5O3S. The molecule has 0 N–H and O–H groups in total. The van der Waals surface area contributed by atoms with Gasteiger partial charge in [-0.25, -0.2) is 8.42 Å². The highest BCUT2D eigenvalue weighted by molar-refractivity contribution is 7.89. The minimum absolute atomic E-state index is 0.0371. The molecule has 0 aliphatic carbocycles. The van der Waals surface area contributed by atoms with E-state index in [4.69, 9.17) is 4.42 Å². The fourth-order valence-corrected chi connectivity index (χ4v) is 4.65. The summed E-state index contributed by atoms with van der Waals surface area (Å²) >= 11 is 0. The molecule has 8 nitrogen and oxygen atoms in total. The number of nitrogens with zero attached hydrogens (tertiary/aromatic N) is 5. The van der Waals surface area contributed by atoms with Crippen LogP contribution in [0.1, 0.15) is 5.56 Å². The zero-order valence-electron chi connectivity index (χ0n) is 14.9. The topological polar surface area (TPSA) is 103 Å². The van der Waals surface area contributed by atoms with Crippen molar-refractivity contribution in [2.45, 2.75) is 4.90 Å². The minimum Gasteiger partial charge on any atom is -0.403 e. The molecule has 0 radical (unpaired) electrons. The van der Waals surface area contributed by atoms with Gasteiger partial charge in [-0.15, -0.1) is 5.10 Å². The Balaban J connectivity index is 1.48. The maximum absolute atomic E-state index is 12.9. The Labute approximate surface area is 162 Å². The van der Waals surface area contributed by atoms with Crippen molar-refractivity contribution in [1.82, 2.24) is 14.5 Å². The van der Waals surface area contributed by atoms with Gasteiger partial charge in [-0.1, -0.05) is 35.4 Å². The van der Waals surface area contributed by atoms with Crippen molar-refractivity contribution < 1.29 is 12.8 Å². The number of piperazine rings is 1. The van der Waals surface area contributed by atoms with Gasteiger partial charge in [-0.05, 0) is 24.3 Å². The zero-order chi connectivity index (χ0) is 19.6. The largest absolute Gasteiger partial charge is 0.403 e. The normalized spacial score (nSPS) is 15.3. The first kappa shape index (κ1) is 18.2. The monoisotopic (exact) mass is 395 g/mol. The van der Waals surface area contributed by atoms with E-state index in [9.17, 15) is 13.7 Å². The number of rotatable bonds is 4. The van der Waals surface area contributed by atoms with Crippen LogP contribution in [0.25, 0.3) is 11.5 Å².